The van der Waals surface area contributed by atoms with Gasteiger partial charge in [-0.25, -0.2) is 0 Å². The molecule has 2 aromatic carbocycles. The number of thioether (sulfide) groups is 1. The number of benzene rings is 2. The van der Waals surface area contributed by atoms with E-state index in [1.54, 1.807) is 0 Å². The zero-order valence-electron chi connectivity index (χ0n) is 22.3. The fourth-order valence-electron chi connectivity index (χ4n) is 4.67. The van der Waals surface area contributed by atoms with Crippen LogP contribution >= 0.6 is 11.8 Å². The van der Waals surface area contributed by atoms with Gasteiger partial charge in [0.2, 0.25) is 11.8 Å². The van der Waals surface area contributed by atoms with Gasteiger partial charge in [0, 0.05) is 51.2 Å². The molecule has 200 valence electrons. The van der Waals surface area contributed by atoms with Gasteiger partial charge in [-0.1, -0.05) is 42.1 Å². The summed E-state index contributed by atoms with van der Waals surface area (Å²) in [6.45, 7) is 4.14. The molecule has 2 amide bonds. The molecule has 37 heavy (non-hydrogen) atoms. The number of anilines is 2. The SMILES string of the molecule is CCO[C@H]1CC[C@@](CSC(C)=O)(C(=O)N[C@@H](Cc2ccccc2)C(=O)Nc2ccc(N(C)C)cc2)CC1. The minimum atomic E-state index is -0.757. The van der Waals surface area contributed by atoms with E-state index >= 15 is 0 Å². The van der Waals surface area contributed by atoms with Gasteiger partial charge in [0.05, 0.1) is 11.5 Å². The first-order chi connectivity index (χ1) is 17.7. The quantitative estimate of drug-likeness (QED) is 0.444. The third-order valence-corrected chi connectivity index (χ3v) is 7.98. The van der Waals surface area contributed by atoms with Crippen LogP contribution in [0.4, 0.5) is 11.4 Å². The van der Waals surface area contributed by atoms with Crippen molar-refractivity contribution < 1.29 is 19.1 Å². The summed E-state index contributed by atoms with van der Waals surface area (Å²) in [7, 11) is 3.92. The molecule has 0 radical (unpaired) electrons. The van der Waals surface area contributed by atoms with Gasteiger partial charge < -0.3 is 20.3 Å². The Balaban J connectivity index is 1.79. The van der Waals surface area contributed by atoms with Crippen molar-refractivity contribution >= 4 is 40.1 Å². The molecule has 3 rings (SSSR count). The minimum Gasteiger partial charge on any atom is -0.379 e. The van der Waals surface area contributed by atoms with Crippen molar-refractivity contribution in [2.24, 2.45) is 5.41 Å². The van der Waals surface area contributed by atoms with Crippen molar-refractivity contribution in [2.75, 3.05) is 36.7 Å². The molecule has 1 saturated carbocycles. The van der Waals surface area contributed by atoms with Crippen LogP contribution in [0.3, 0.4) is 0 Å². The van der Waals surface area contributed by atoms with Crippen LogP contribution in [0.2, 0.25) is 0 Å². The second-order valence-electron chi connectivity index (χ2n) is 9.86. The summed E-state index contributed by atoms with van der Waals surface area (Å²) in [6, 6.07) is 16.5. The molecule has 2 N–H and O–H groups in total. The maximum Gasteiger partial charge on any atom is 0.247 e. The lowest BCUT2D eigenvalue weighted by molar-refractivity contribution is -0.136. The Hall–Kier alpha value is -2.84. The van der Waals surface area contributed by atoms with Crippen molar-refractivity contribution in [3.8, 4) is 0 Å². The van der Waals surface area contributed by atoms with Crippen molar-refractivity contribution in [3.63, 3.8) is 0 Å². The molecule has 1 aliphatic rings. The topological polar surface area (TPSA) is 87.7 Å². The highest BCUT2D eigenvalue weighted by Crippen LogP contribution is 2.40. The van der Waals surface area contributed by atoms with E-state index in [0.717, 1.165) is 24.1 Å². The molecule has 7 nitrogen and oxygen atoms in total. The number of amides is 2. The average Bonchev–Trinajstić information content (AvgIpc) is 2.89. The van der Waals surface area contributed by atoms with Gasteiger partial charge >= 0.3 is 0 Å². The number of rotatable bonds is 11. The van der Waals surface area contributed by atoms with E-state index in [9.17, 15) is 14.4 Å². The number of hydrogen-bond donors (Lipinski definition) is 2. The number of nitrogens with one attached hydrogen (secondary N) is 2. The summed E-state index contributed by atoms with van der Waals surface area (Å²) in [6.07, 6.45) is 3.25. The summed E-state index contributed by atoms with van der Waals surface area (Å²) in [5.41, 5.74) is 1.94. The van der Waals surface area contributed by atoms with Crippen LogP contribution in [0.1, 0.15) is 45.1 Å². The van der Waals surface area contributed by atoms with Crippen LogP contribution in [0.25, 0.3) is 0 Å². The van der Waals surface area contributed by atoms with E-state index in [4.69, 9.17) is 4.74 Å². The third-order valence-electron chi connectivity index (χ3n) is 6.88. The van der Waals surface area contributed by atoms with Gasteiger partial charge in [0.1, 0.15) is 6.04 Å². The van der Waals surface area contributed by atoms with Crippen LogP contribution in [0.15, 0.2) is 54.6 Å². The van der Waals surface area contributed by atoms with E-state index in [2.05, 4.69) is 10.6 Å². The smallest absolute Gasteiger partial charge is 0.247 e. The number of nitrogens with zero attached hydrogens (tertiary/aromatic N) is 1. The van der Waals surface area contributed by atoms with E-state index < -0.39 is 11.5 Å². The van der Waals surface area contributed by atoms with E-state index in [-0.39, 0.29) is 23.0 Å². The van der Waals surface area contributed by atoms with E-state index in [0.29, 0.717) is 37.3 Å². The van der Waals surface area contributed by atoms with Crippen LogP contribution in [0.5, 0.6) is 0 Å². The summed E-state index contributed by atoms with van der Waals surface area (Å²) >= 11 is 1.18. The molecule has 1 fully saturated rings. The Kier molecular flexibility index (Phi) is 10.6. The predicted octanol–water partition coefficient (Wildman–Crippen LogP) is 4.66. The average molecular weight is 526 g/mol. The van der Waals surface area contributed by atoms with Crippen LogP contribution in [-0.2, 0) is 25.5 Å². The van der Waals surface area contributed by atoms with Crippen molar-refractivity contribution in [1.29, 1.82) is 0 Å². The van der Waals surface area contributed by atoms with Crippen LogP contribution in [-0.4, -0.2) is 55.5 Å². The number of ether oxygens (including phenoxy) is 1. The Morgan fingerprint density at radius 2 is 1.70 bits per heavy atom. The first-order valence-electron chi connectivity index (χ1n) is 12.9. The summed E-state index contributed by atoms with van der Waals surface area (Å²) < 4.78 is 5.80. The van der Waals surface area contributed by atoms with Crippen LogP contribution in [0, 0.1) is 5.41 Å². The highest BCUT2D eigenvalue weighted by Gasteiger charge is 2.43. The number of hydrogen-bond acceptors (Lipinski definition) is 6. The van der Waals surface area contributed by atoms with Crippen LogP contribution < -0.4 is 15.5 Å². The fraction of sp³-hybridized carbons (Fsp3) is 0.483. The van der Waals surface area contributed by atoms with Crippen molar-refractivity contribution in [2.45, 2.75) is 58.1 Å². The first-order valence-corrected chi connectivity index (χ1v) is 13.9. The Morgan fingerprint density at radius 3 is 2.27 bits per heavy atom. The molecule has 0 unspecified atom stereocenters. The molecular formula is C29H39N3O4S. The van der Waals surface area contributed by atoms with Gasteiger partial charge in [0.25, 0.3) is 0 Å². The second kappa shape index (κ2) is 13.6. The van der Waals surface area contributed by atoms with Gasteiger partial charge in [-0.2, -0.15) is 0 Å². The lowest BCUT2D eigenvalue weighted by Gasteiger charge is -2.39. The molecule has 1 atom stereocenters. The van der Waals surface area contributed by atoms with Gasteiger partial charge in [-0.05, 0) is 62.4 Å². The molecule has 0 heterocycles. The summed E-state index contributed by atoms with van der Waals surface area (Å²) in [4.78, 5) is 41.0. The highest BCUT2D eigenvalue weighted by molar-refractivity contribution is 8.13. The zero-order valence-corrected chi connectivity index (χ0v) is 23.1. The first kappa shape index (κ1) is 28.7. The maximum atomic E-state index is 13.8. The normalized spacial score (nSPS) is 20.1. The zero-order chi connectivity index (χ0) is 26.8. The Labute approximate surface area is 224 Å². The van der Waals surface area contributed by atoms with Gasteiger partial charge in [-0.15, -0.1) is 0 Å². The largest absolute Gasteiger partial charge is 0.379 e. The molecule has 0 spiro atoms. The Bertz CT molecular complexity index is 1030. The van der Waals surface area contributed by atoms with Crippen molar-refractivity contribution in [1.82, 2.24) is 5.32 Å². The third kappa shape index (κ3) is 8.33. The molecule has 0 aliphatic heterocycles. The summed E-state index contributed by atoms with van der Waals surface area (Å²) in [5, 5.41) is 6.03. The molecule has 8 heteroatoms. The maximum absolute atomic E-state index is 13.8. The molecular weight excluding hydrogens is 486 g/mol. The standard InChI is InChI=1S/C29H39N3O4S/c1-5-36-25-15-17-29(18-16-25,20-37-21(2)33)28(35)31-26(19-22-9-7-6-8-10-22)27(34)30-23-11-13-24(14-12-23)32(3)4/h6-14,25-26H,5,15-20H2,1-4H3,(H,30,34)(H,31,35)/t25-,26-,29+/m0/s1. The van der Waals surface area contributed by atoms with Gasteiger partial charge in [-0.3, -0.25) is 14.4 Å². The van der Waals surface area contributed by atoms with E-state index in [1.165, 1.54) is 18.7 Å². The molecule has 0 aromatic heterocycles. The number of carbonyl (C=O) groups is 3. The lowest BCUT2D eigenvalue weighted by Crippen LogP contribution is -2.53. The molecule has 0 bridgehead atoms. The highest BCUT2D eigenvalue weighted by atomic mass is 32.2. The fourth-order valence-corrected chi connectivity index (χ4v) is 5.57. The van der Waals surface area contributed by atoms with Crippen molar-refractivity contribution in [3.05, 3.63) is 60.2 Å². The van der Waals surface area contributed by atoms with E-state index in [1.807, 2.05) is 80.5 Å². The molecule has 2 aromatic rings. The van der Waals surface area contributed by atoms with Gasteiger partial charge in [0.15, 0.2) is 5.12 Å². The number of carbonyl (C=O) groups excluding carboxylic acids is 3. The second-order valence-corrected chi connectivity index (χ2v) is 11.0. The predicted molar refractivity (Wildman–Crippen MR) is 151 cm³/mol. The molecule has 1 aliphatic carbocycles. The monoisotopic (exact) mass is 525 g/mol. The lowest BCUT2D eigenvalue weighted by atomic mass is 9.73. The molecule has 0 saturated heterocycles. The summed E-state index contributed by atoms with van der Waals surface area (Å²) in [5.74, 6) is -0.0407. The Morgan fingerprint density at radius 1 is 1.05 bits per heavy atom. The minimum absolute atomic E-state index is 0.0149.